The third-order valence-corrected chi connectivity index (χ3v) is 7.72. The lowest BCUT2D eigenvalue weighted by atomic mass is 9.67. The van der Waals surface area contributed by atoms with E-state index < -0.39 is 17.7 Å². The van der Waals surface area contributed by atoms with Crippen molar-refractivity contribution in [2.24, 2.45) is 5.73 Å². The molecule has 12 heteroatoms. The Labute approximate surface area is 210 Å². The minimum absolute atomic E-state index is 0.0627. The Bertz CT molecular complexity index is 1380. The van der Waals surface area contributed by atoms with Crippen molar-refractivity contribution < 1.29 is 27.4 Å². The van der Waals surface area contributed by atoms with E-state index >= 15 is 0 Å². The smallest absolute Gasteiger partial charge is 0.406 e. The summed E-state index contributed by atoms with van der Waals surface area (Å²) in [6.45, 7) is 3.01. The van der Waals surface area contributed by atoms with Gasteiger partial charge in [-0.25, -0.2) is 9.97 Å². The lowest BCUT2D eigenvalue weighted by Gasteiger charge is -2.39. The summed E-state index contributed by atoms with van der Waals surface area (Å²) in [4.78, 5) is 27.3. The zero-order valence-electron chi connectivity index (χ0n) is 20.1. The fourth-order valence-corrected chi connectivity index (χ4v) is 6.24. The third kappa shape index (κ3) is 4.17. The van der Waals surface area contributed by atoms with Gasteiger partial charge in [0.15, 0.2) is 5.65 Å². The average Bonchev–Trinajstić information content (AvgIpc) is 3.43. The van der Waals surface area contributed by atoms with Gasteiger partial charge in [0.1, 0.15) is 23.2 Å². The number of piperidine rings is 1. The van der Waals surface area contributed by atoms with Gasteiger partial charge in [0.25, 0.3) is 5.91 Å². The van der Waals surface area contributed by atoms with Crippen LogP contribution in [-0.2, 0) is 4.74 Å². The van der Waals surface area contributed by atoms with Crippen molar-refractivity contribution in [3.63, 3.8) is 0 Å². The lowest BCUT2D eigenvalue weighted by molar-refractivity contribution is -0.274. The number of carbonyl (C=O) groups excluding carboxylic acids is 1. The van der Waals surface area contributed by atoms with E-state index in [1.165, 1.54) is 6.07 Å². The normalized spacial score (nSPS) is 27.9. The number of likely N-dealkylation sites (tertiary alicyclic amines) is 1. The van der Waals surface area contributed by atoms with Crippen molar-refractivity contribution in [2.75, 3.05) is 18.8 Å². The molecule has 5 heterocycles. The lowest BCUT2D eigenvalue weighted by Crippen LogP contribution is -2.54. The monoisotopic (exact) mass is 516 g/mol. The van der Waals surface area contributed by atoms with Crippen LogP contribution in [-0.4, -0.2) is 56.4 Å². The minimum atomic E-state index is -4.83. The van der Waals surface area contributed by atoms with Crippen molar-refractivity contribution in [3.05, 3.63) is 47.4 Å². The number of anilines is 1. The van der Waals surface area contributed by atoms with E-state index in [-0.39, 0.29) is 34.8 Å². The first-order valence-electron chi connectivity index (χ1n) is 12.2. The maximum absolute atomic E-state index is 13.0. The number of hydrogen-bond donors (Lipinski definition) is 3. The molecule has 3 aliphatic heterocycles. The number of nitrogens with two attached hydrogens (primary N) is 2. The largest absolute Gasteiger partial charge is 0.573 e. The maximum atomic E-state index is 13.0. The zero-order valence-corrected chi connectivity index (χ0v) is 20.1. The number of carbonyl (C=O) groups is 1. The van der Waals surface area contributed by atoms with E-state index in [4.69, 9.17) is 21.2 Å². The third-order valence-electron chi connectivity index (χ3n) is 7.72. The molecule has 0 radical (unpaired) electrons. The first-order valence-corrected chi connectivity index (χ1v) is 12.2. The molecule has 4 aliphatic rings. The quantitative estimate of drug-likeness (QED) is 0.450. The van der Waals surface area contributed by atoms with Crippen LogP contribution in [0.1, 0.15) is 66.4 Å². The predicted molar refractivity (Wildman–Crippen MR) is 128 cm³/mol. The van der Waals surface area contributed by atoms with Crippen molar-refractivity contribution >= 4 is 22.8 Å². The molecule has 3 aromatic rings. The molecule has 1 aliphatic carbocycles. The summed E-state index contributed by atoms with van der Waals surface area (Å²) in [5, 5.41) is 0. The number of alkyl halides is 3. The first kappa shape index (κ1) is 24.0. The van der Waals surface area contributed by atoms with Gasteiger partial charge < -0.3 is 30.8 Å². The van der Waals surface area contributed by atoms with Crippen LogP contribution in [0, 0.1) is 0 Å². The van der Waals surface area contributed by atoms with Crippen LogP contribution in [0.25, 0.3) is 11.2 Å². The first-order chi connectivity index (χ1) is 17.4. The number of pyridine rings is 1. The van der Waals surface area contributed by atoms with E-state index in [9.17, 15) is 18.0 Å². The number of imidazole rings is 1. The Hall–Kier alpha value is -3.38. The van der Waals surface area contributed by atoms with Gasteiger partial charge in [0.2, 0.25) is 0 Å². The number of fused-ring (bicyclic) bond motifs is 2. The van der Waals surface area contributed by atoms with Crippen LogP contribution < -0.4 is 16.2 Å². The number of hydrogen-bond acceptors (Lipinski definition) is 7. The zero-order chi connectivity index (χ0) is 26.2. The molecule has 9 nitrogen and oxygen atoms in total. The number of H-pyrrole nitrogens is 1. The number of benzene rings is 1. The SMILES string of the molecule is CC12CC(N)(C1)C(c1nc3c(C4CCN(C(=O)c5ccc(OC(F)(F)F)cc5N)CC4)ccnc3[nH]1)O2. The van der Waals surface area contributed by atoms with Gasteiger partial charge in [0.05, 0.1) is 16.7 Å². The van der Waals surface area contributed by atoms with Crippen LogP contribution in [0.15, 0.2) is 30.5 Å². The van der Waals surface area contributed by atoms with Gasteiger partial charge in [0, 0.05) is 31.0 Å². The molecule has 2 aromatic heterocycles. The number of rotatable bonds is 4. The molecule has 1 amide bonds. The number of aromatic nitrogens is 3. The maximum Gasteiger partial charge on any atom is 0.573 e. The summed E-state index contributed by atoms with van der Waals surface area (Å²) in [6, 6.07) is 5.33. The second-order valence-corrected chi connectivity index (χ2v) is 10.6. The molecule has 2 bridgehead atoms. The van der Waals surface area contributed by atoms with Crippen molar-refractivity contribution in [1.29, 1.82) is 0 Å². The molecular weight excluding hydrogens is 489 g/mol. The molecule has 0 spiro atoms. The summed E-state index contributed by atoms with van der Waals surface area (Å²) in [7, 11) is 0. The molecule has 4 fully saturated rings. The molecule has 1 aromatic carbocycles. The number of aromatic amines is 1. The van der Waals surface area contributed by atoms with E-state index in [1.807, 2.05) is 6.07 Å². The summed E-state index contributed by atoms with van der Waals surface area (Å²) < 4.78 is 47.5. The minimum Gasteiger partial charge on any atom is -0.406 e. The highest BCUT2D eigenvalue weighted by molar-refractivity contribution is 5.99. The van der Waals surface area contributed by atoms with Crippen LogP contribution >= 0.6 is 0 Å². The van der Waals surface area contributed by atoms with Crippen LogP contribution in [0.4, 0.5) is 18.9 Å². The van der Waals surface area contributed by atoms with Gasteiger partial charge in [-0.15, -0.1) is 13.2 Å². The fourth-order valence-electron chi connectivity index (χ4n) is 6.24. The van der Waals surface area contributed by atoms with Crippen LogP contribution in [0.5, 0.6) is 5.75 Å². The van der Waals surface area contributed by atoms with Gasteiger partial charge in [-0.3, -0.25) is 4.79 Å². The second kappa shape index (κ2) is 8.06. The highest BCUT2D eigenvalue weighted by atomic mass is 19.4. The molecule has 3 saturated heterocycles. The van der Waals surface area contributed by atoms with Crippen LogP contribution in [0.2, 0.25) is 0 Å². The molecular formula is C25H27F3N6O3. The standard InChI is InChI=1S/C25H27F3N6O3/c1-23-11-24(30,12-23)19(37-23)21-32-18-15(4-7-31-20(18)33-21)13-5-8-34(9-6-13)22(35)16-3-2-14(10-17(16)29)36-25(26,27)28/h2-4,7,10,13,19H,5-6,8-9,11-12,29-30H2,1H3,(H,31,32,33). The highest BCUT2D eigenvalue weighted by Crippen LogP contribution is 2.59. The van der Waals surface area contributed by atoms with E-state index in [2.05, 4.69) is 21.6 Å². The molecule has 1 unspecified atom stereocenters. The van der Waals surface area contributed by atoms with Gasteiger partial charge in [-0.05, 0) is 62.3 Å². The van der Waals surface area contributed by atoms with E-state index in [0.717, 1.165) is 36.1 Å². The van der Waals surface area contributed by atoms with Crippen molar-refractivity contribution in [3.8, 4) is 5.75 Å². The summed E-state index contributed by atoms with van der Waals surface area (Å²) in [5.41, 5.74) is 14.4. The number of nitrogens with zero attached hydrogens (tertiary/aromatic N) is 3. The summed E-state index contributed by atoms with van der Waals surface area (Å²) in [6.07, 6.45) is -0.382. The van der Waals surface area contributed by atoms with Gasteiger partial charge in [-0.1, -0.05) is 0 Å². The van der Waals surface area contributed by atoms with Crippen molar-refractivity contribution in [1.82, 2.24) is 19.9 Å². The van der Waals surface area contributed by atoms with Crippen LogP contribution in [0.3, 0.4) is 0 Å². The number of amides is 1. The molecule has 7 rings (SSSR count). The Balaban J connectivity index is 1.16. The van der Waals surface area contributed by atoms with E-state index in [1.54, 1.807) is 11.1 Å². The topological polar surface area (TPSA) is 132 Å². The van der Waals surface area contributed by atoms with Crippen molar-refractivity contribution in [2.45, 2.75) is 62.1 Å². The Morgan fingerprint density at radius 1 is 1.24 bits per heavy atom. The van der Waals surface area contributed by atoms with E-state index in [0.29, 0.717) is 37.4 Å². The fraction of sp³-hybridized carbons (Fsp3) is 0.480. The molecule has 1 saturated carbocycles. The average molecular weight is 517 g/mol. The van der Waals surface area contributed by atoms with Gasteiger partial charge >= 0.3 is 6.36 Å². The molecule has 1 atom stereocenters. The number of halogens is 3. The van der Waals surface area contributed by atoms with Gasteiger partial charge in [-0.2, -0.15) is 0 Å². The Morgan fingerprint density at radius 3 is 2.59 bits per heavy atom. The predicted octanol–water partition coefficient (Wildman–Crippen LogP) is 3.78. The molecule has 5 N–H and O–H groups in total. The highest BCUT2D eigenvalue weighted by Gasteiger charge is 2.65. The molecule has 196 valence electrons. The number of nitrogens with one attached hydrogen (secondary N) is 1. The summed E-state index contributed by atoms with van der Waals surface area (Å²) >= 11 is 0. The summed E-state index contributed by atoms with van der Waals surface area (Å²) in [5.74, 6) is 0.0681. The Kier molecular flexibility index (Phi) is 5.22. The Morgan fingerprint density at radius 2 is 1.97 bits per heavy atom. The molecule has 37 heavy (non-hydrogen) atoms. The second-order valence-electron chi connectivity index (χ2n) is 10.6. The number of ether oxygens (including phenoxy) is 2. The number of nitrogen functional groups attached to an aromatic ring is 1.